The van der Waals surface area contributed by atoms with E-state index >= 15 is 0 Å². The fourth-order valence-corrected chi connectivity index (χ4v) is 5.07. The molecule has 0 heterocycles. The lowest BCUT2D eigenvalue weighted by Gasteiger charge is -2.25. The quantitative estimate of drug-likeness (QED) is 0.194. The number of carbonyl (C=O) groups excluding carboxylic acids is 2. The lowest BCUT2D eigenvalue weighted by Crippen LogP contribution is -2.38. The van der Waals surface area contributed by atoms with E-state index in [1.807, 2.05) is 0 Å². The van der Waals surface area contributed by atoms with Crippen molar-refractivity contribution in [3.63, 3.8) is 0 Å². The molecule has 0 spiro atoms. The third kappa shape index (κ3) is 9.35. The molecular weight excluding hydrogens is 670 g/mol. The van der Waals surface area contributed by atoms with Crippen LogP contribution in [0.15, 0.2) is 30.3 Å². The van der Waals surface area contributed by atoms with Crippen molar-refractivity contribution < 1.29 is 49.1 Å². The molecular formula is C25H20Cl3F9N2O2S. The van der Waals surface area contributed by atoms with Crippen molar-refractivity contribution in [2.75, 3.05) is 18.6 Å². The molecule has 0 saturated heterocycles. The minimum Gasteiger partial charge on any atom is -0.366 e. The van der Waals surface area contributed by atoms with Crippen molar-refractivity contribution in [1.29, 1.82) is 0 Å². The fourth-order valence-electron chi connectivity index (χ4n) is 3.98. The standard InChI is InChI=1S/C25H20Cl3F9N2O2S/c1-42-7-6-13(22(41)39-10-23(29,30)31)18-11(2-4-14(21(38)40)19(18)25(35,36)37)3-5-15(24(32,33)34)12-8-16(26)20(28)17(27)9-12/h2-5,8-9,13,15H,6-7,10H2,1H3,(H2,38,40)(H,39,41)/b5-3+/t13-,15?/m1/s1. The Hall–Kier alpha value is -2.29. The average molecular weight is 690 g/mol. The van der Waals surface area contributed by atoms with Crippen LogP contribution in [0.5, 0.6) is 0 Å². The van der Waals surface area contributed by atoms with Gasteiger partial charge in [0, 0.05) is 0 Å². The number of benzene rings is 2. The van der Waals surface area contributed by atoms with E-state index in [-0.39, 0.29) is 20.8 Å². The van der Waals surface area contributed by atoms with E-state index in [1.165, 1.54) is 11.6 Å². The van der Waals surface area contributed by atoms with Crippen LogP contribution in [0, 0.1) is 0 Å². The minimum atomic E-state index is -5.40. The molecule has 4 nitrogen and oxygen atoms in total. The zero-order valence-corrected chi connectivity index (χ0v) is 24.2. The van der Waals surface area contributed by atoms with Crippen molar-refractivity contribution in [2.45, 2.75) is 36.8 Å². The third-order valence-electron chi connectivity index (χ3n) is 5.75. The van der Waals surface area contributed by atoms with Crippen LogP contribution < -0.4 is 11.1 Å². The highest BCUT2D eigenvalue weighted by molar-refractivity contribution is 7.98. The zero-order chi connectivity index (χ0) is 32.2. The first-order valence-corrected chi connectivity index (χ1v) is 14.0. The number of primary amides is 1. The van der Waals surface area contributed by atoms with Crippen LogP contribution >= 0.6 is 46.6 Å². The summed E-state index contributed by atoms with van der Waals surface area (Å²) in [7, 11) is 0. The second kappa shape index (κ2) is 14.0. The number of hydrogen-bond donors (Lipinski definition) is 2. The van der Waals surface area contributed by atoms with Gasteiger partial charge in [-0.2, -0.15) is 51.3 Å². The van der Waals surface area contributed by atoms with Crippen molar-refractivity contribution in [2.24, 2.45) is 5.73 Å². The van der Waals surface area contributed by atoms with Crippen LogP contribution in [-0.4, -0.2) is 42.7 Å². The van der Waals surface area contributed by atoms with Crippen LogP contribution in [0.3, 0.4) is 0 Å². The Morgan fingerprint density at radius 2 is 1.57 bits per heavy atom. The molecule has 2 rings (SSSR count). The first-order valence-electron chi connectivity index (χ1n) is 11.5. The monoisotopic (exact) mass is 688 g/mol. The Bertz CT molecular complexity index is 1320. The average Bonchev–Trinajstić information content (AvgIpc) is 2.84. The Kier molecular flexibility index (Phi) is 12.0. The van der Waals surface area contributed by atoms with Gasteiger partial charge in [0.25, 0.3) is 0 Å². The van der Waals surface area contributed by atoms with Gasteiger partial charge in [-0.05, 0) is 53.3 Å². The fraction of sp³-hybridized carbons (Fsp3) is 0.360. The van der Waals surface area contributed by atoms with Crippen molar-refractivity contribution in [3.05, 3.63) is 73.2 Å². The summed E-state index contributed by atoms with van der Waals surface area (Å²) in [4.78, 5) is 24.8. The summed E-state index contributed by atoms with van der Waals surface area (Å²) in [6.07, 6.45) is -13.3. The molecule has 0 fully saturated rings. The summed E-state index contributed by atoms with van der Waals surface area (Å²) in [6, 6.07) is 3.12. The summed E-state index contributed by atoms with van der Waals surface area (Å²) < 4.78 is 124. The molecule has 17 heteroatoms. The van der Waals surface area contributed by atoms with Gasteiger partial charge in [0.1, 0.15) is 6.54 Å². The smallest absolute Gasteiger partial charge is 0.366 e. The van der Waals surface area contributed by atoms with E-state index in [9.17, 15) is 49.1 Å². The van der Waals surface area contributed by atoms with Gasteiger partial charge >= 0.3 is 18.5 Å². The number of halogens is 12. The molecule has 0 saturated carbocycles. The van der Waals surface area contributed by atoms with Crippen LogP contribution in [0.2, 0.25) is 15.1 Å². The summed E-state index contributed by atoms with van der Waals surface area (Å²) in [5.41, 5.74) is 0.0601. The number of nitrogens with one attached hydrogen (secondary N) is 1. The topological polar surface area (TPSA) is 72.2 Å². The Morgan fingerprint density at radius 1 is 1.00 bits per heavy atom. The lowest BCUT2D eigenvalue weighted by molar-refractivity contribution is -0.142. The molecule has 1 unspecified atom stereocenters. The van der Waals surface area contributed by atoms with Gasteiger partial charge in [0.05, 0.1) is 38.0 Å². The van der Waals surface area contributed by atoms with Crippen molar-refractivity contribution >= 4 is 64.5 Å². The third-order valence-corrected chi connectivity index (χ3v) is 7.59. The van der Waals surface area contributed by atoms with E-state index in [0.717, 1.165) is 30.0 Å². The van der Waals surface area contributed by atoms with Crippen LogP contribution in [-0.2, 0) is 11.0 Å². The molecule has 42 heavy (non-hydrogen) atoms. The second-order valence-corrected chi connectivity index (χ2v) is 10.9. The summed E-state index contributed by atoms with van der Waals surface area (Å²) in [5.74, 6) is -7.60. The van der Waals surface area contributed by atoms with E-state index in [4.69, 9.17) is 40.5 Å². The van der Waals surface area contributed by atoms with Gasteiger partial charge in [0.2, 0.25) is 11.8 Å². The first kappa shape index (κ1) is 35.9. The van der Waals surface area contributed by atoms with E-state index in [0.29, 0.717) is 18.2 Å². The van der Waals surface area contributed by atoms with Gasteiger partial charge in [-0.25, -0.2) is 0 Å². The maximum atomic E-state index is 14.4. The predicted octanol–water partition coefficient (Wildman–Crippen LogP) is 8.64. The number of allylic oxidation sites excluding steroid dienone is 1. The molecule has 0 aliphatic rings. The molecule has 2 atom stereocenters. The maximum absolute atomic E-state index is 14.4. The molecule has 2 aromatic carbocycles. The largest absolute Gasteiger partial charge is 0.417 e. The SMILES string of the molecule is CSCC[C@@H](C(=O)NCC(F)(F)F)c1c(/C=C/C(c2cc(Cl)c(Cl)c(Cl)c2)C(F)(F)F)ccc(C(N)=O)c1C(F)(F)F. The zero-order valence-electron chi connectivity index (χ0n) is 21.1. The van der Waals surface area contributed by atoms with Gasteiger partial charge in [-0.3, -0.25) is 9.59 Å². The number of rotatable bonds is 10. The van der Waals surface area contributed by atoms with Crippen LogP contribution in [0.4, 0.5) is 39.5 Å². The molecule has 0 aromatic heterocycles. The number of nitrogens with two attached hydrogens (primary N) is 1. The van der Waals surface area contributed by atoms with Crippen LogP contribution in [0.25, 0.3) is 6.08 Å². The Morgan fingerprint density at radius 3 is 2.02 bits per heavy atom. The van der Waals surface area contributed by atoms with Gasteiger partial charge in [-0.15, -0.1) is 0 Å². The number of alkyl halides is 9. The lowest BCUT2D eigenvalue weighted by atomic mass is 9.83. The number of thioether (sulfide) groups is 1. The molecule has 232 valence electrons. The molecule has 0 bridgehead atoms. The number of amides is 2. The maximum Gasteiger partial charge on any atom is 0.417 e. The van der Waals surface area contributed by atoms with Crippen molar-refractivity contribution in [1.82, 2.24) is 5.32 Å². The first-order chi connectivity index (χ1) is 19.2. The molecule has 0 aliphatic carbocycles. The minimum absolute atomic E-state index is 0.0433. The van der Waals surface area contributed by atoms with Crippen LogP contribution in [0.1, 0.15) is 50.9 Å². The highest BCUT2D eigenvalue weighted by Crippen LogP contribution is 2.44. The molecule has 2 amide bonds. The van der Waals surface area contributed by atoms with Gasteiger partial charge < -0.3 is 11.1 Å². The normalized spacial score (nSPS) is 14.2. The van der Waals surface area contributed by atoms with Gasteiger partial charge in [-0.1, -0.05) is 53.0 Å². The summed E-state index contributed by atoms with van der Waals surface area (Å²) >= 11 is 18.6. The second-order valence-electron chi connectivity index (χ2n) is 8.70. The highest BCUT2D eigenvalue weighted by Gasteiger charge is 2.43. The van der Waals surface area contributed by atoms with E-state index in [2.05, 4.69) is 0 Å². The molecule has 0 radical (unpaired) electrons. The Labute approximate surface area is 252 Å². The molecule has 2 aromatic rings. The van der Waals surface area contributed by atoms with Gasteiger partial charge in [0.15, 0.2) is 0 Å². The Balaban J connectivity index is 2.88. The molecule has 0 aliphatic heterocycles. The summed E-state index contributed by atoms with van der Waals surface area (Å²) in [5, 5.41) is 0.589. The number of hydrogen-bond acceptors (Lipinski definition) is 3. The van der Waals surface area contributed by atoms with E-state index in [1.54, 1.807) is 0 Å². The summed E-state index contributed by atoms with van der Waals surface area (Å²) in [6.45, 7) is -1.89. The number of carbonyl (C=O) groups is 2. The van der Waals surface area contributed by atoms with Crippen molar-refractivity contribution in [3.8, 4) is 0 Å². The molecule has 3 N–H and O–H groups in total. The predicted molar refractivity (Wildman–Crippen MR) is 144 cm³/mol. The highest BCUT2D eigenvalue weighted by atomic mass is 35.5. The van der Waals surface area contributed by atoms with E-state index < -0.39 is 83.0 Å².